The normalized spacial score (nSPS) is 16.9. The number of likely N-dealkylation sites (tertiary alicyclic amines) is 1. The second kappa shape index (κ2) is 8.96. The smallest absolute Gasteiger partial charge is 0.232 e. The van der Waals surface area contributed by atoms with Crippen LogP contribution in [0.15, 0.2) is 30.3 Å². The predicted octanol–water partition coefficient (Wildman–Crippen LogP) is 2.51. The lowest BCUT2D eigenvalue weighted by Gasteiger charge is -2.31. The highest BCUT2D eigenvalue weighted by molar-refractivity contribution is 7.99. The van der Waals surface area contributed by atoms with Gasteiger partial charge in [0, 0.05) is 31.8 Å². The summed E-state index contributed by atoms with van der Waals surface area (Å²) < 4.78 is 0. The summed E-state index contributed by atoms with van der Waals surface area (Å²) in [5.41, 5.74) is 1.32. The number of thioether (sulfide) groups is 1. The fourth-order valence-electron chi connectivity index (χ4n) is 2.89. The Bertz CT molecular complexity index is 513. The van der Waals surface area contributed by atoms with Gasteiger partial charge in [-0.05, 0) is 24.3 Å². The van der Waals surface area contributed by atoms with E-state index in [9.17, 15) is 9.59 Å². The Kier molecular flexibility index (Phi) is 6.96. The molecular weight excluding hydrogens is 308 g/mol. The number of hydrogen-bond donors (Lipinski definition) is 1. The van der Waals surface area contributed by atoms with E-state index in [2.05, 4.69) is 36.5 Å². The van der Waals surface area contributed by atoms with Crippen molar-refractivity contribution in [2.24, 2.45) is 5.92 Å². The minimum absolute atomic E-state index is 0.0646. The SMILES string of the molecule is CNC(=O)C1CCN(C(=O)CSC[C@H](C)c2ccccc2)CC1. The molecule has 1 saturated heterocycles. The third kappa shape index (κ3) is 5.27. The zero-order valence-corrected chi connectivity index (χ0v) is 14.8. The molecule has 1 aromatic carbocycles. The van der Waals surface area contributed by atoms with Crippen molar-refractivity contribution in [3.8, 4) is 0 Å². The number of nitrogens with one attached hydrogen (secondary N) is 1. The predicted molar refractivity (Wildman–Crippen MR) is 95.6 cm³/mol. The van der Waals surface area contributed by atoms with Gasteiger partial charge in [0.2, 0.25) is 11.8 Å². The summed E-state index contributed by atoms with van der Waals surface area (Å²) in [7, 11) is 1.67. The molecule has 1 aliphatic heterocycles. The molecule has 0 aliphatic carbocycles. The van der Waals surface area contributed by atoms with E-state index >= 15 is 0 Å². The Balaban J connectivity index is 1.69. The average molecular weight is 334 g/mol. The molecule has 2 amide bonds. The maximum atomic E-state index is 12.3. The second-order valence-corrected chi connectivity index (χ2v) is 7.13. The molecule has 1 aromatic rings. The summed E-state index contributed by atoms with van der Waals surface area (Å²) in [4.78, 5) is 25.8. The molecule has 23 heavy (non-hydrogen) atoms. The van der Waals surface area contributed by atoms with Crippen molar-refractivity contribution in [1.82, 2.24) is 10.2 Å². The number of rotatable bonds is 6. The maximum absolute atomic E-state index is 12.3. The quantitative estimate of drug-likeness (QED) is 0.870. The molecule has 0 aromatic heterocycles. The number of benzene rings is 1. The van der Waals surface area contributed by atoms with Gasteiger partial charge in [-0.3, -0.25) is 9.59 Å². The van der Waals surface area contributed by atoms with Crippen molar-refractivity contribution in [3.63, 3.8) is 0 Å². The first-order chi connectivity index (χ1) is 11.1. The topological polar surface area (TPSA) is 49.4 Å². The van der Waals surface area contributed by atoms with Gasteiger partial charge in [-0.25, -0.2) is 0 Å². The third-order valence-corrected chi connectivity index (χ3v) is 5.61. The van der Waals surface area contributed by atoms with Crippen molar-refractivity contribution >= 4 is 23.6 Å². The lowest BCUT2D eigenvalue weighted by Crippen LogP contribution is -2.43. The van der Waals surface area contributed by atoms with Gasteiger partial charge in [-0.15, -0.1) is 0 Å². The number of nitrogens with zero attached hydrogens (tertiary/aromatic N) is 1. The van der Waals surface area contributed by atoms with Crippen LogP contribution in [-0.4, -0.2) is 48.4 Å². The maximum Gasteiger partial charge on any atom is 0.232 e. The molecule has 0 unspecified atom stereocenters. The Morgan fingerprint density at radius 3 is 2.52 bits per heavy atom. The Morgan fingerprint density at radius 1 is 1.26 bits per heavy atom. The fourth-order valence-corrected chi connectivity index (χ4v) is 3.91. The molecule has 0 saturated carbocycles. The van der Waals surface area contributed by atoms with Crippen LogP contribution >= 0.6 is 11.8 Å². The van der Waals surface area contributed by atoms with E-state index < -0.39 is 0 Å². The van der Waals surface area contributed by atoms with Crippen LogP contribution in [0.5, 0.6) is 0 Å². The minimum Gasteiger partial charge on any atom is -0.359 e. The second-order valence-electron chi connectivity index (χ2n) is 6.10. The van der Waals surface area contributed by atoms with Gasteiger partial charge in [0.1, 0.15) is 0 Å². The van der Waals surface area contributed by atoms with Gasteiger partial charge >= 0.3 is 0 Å². The van der Waals surface area contributed by atoms with Crippen LogP contribution in [0.25, 0.3) is 0 Å². The number of carbonyl (C=O) groups is 2. The van der Waals surface area contributed by atoms with Gasteiger partial charge in [0.25, 0.3) is 0 Å². The van der Waals surface area contributed by atoms with Gasteiger partial charge in [-0.2, -0.15) is 11.8 Å². The third-order valence-electron chi connectivity index (χ3n) is 4.43. The molecule has 1 aliphatic rings. The van der Waals surface area contributed by atoms with Crippen LogP contribution < -0.4 is 5.32 Å². The van der Waals surface area contributed by atoms with E-state index in [4.69, 9.17) is 0 Å². The van der Waals surface area contributed by atoms with Gasteiger partial charge in [0.15, 0.2) is 0 Å². The van der Waals surface area contributed by atoms with Crippen LogP contribution in [0.3, 0.4) is 0 Å². The van der Waals surface area contributed by atoms with Crippen LogP contribution in [0.2, 0.25) is 0 Å². The number of piperidine rings is 1. The van der Waals surface area contributed by atoms with E-state index in [1.165, 1.54) is 5.56 Å². The van der Waals surface area contributed by atoms with Crippen molar-refractivity contribution in [2.45, 2.75) is 25.7 Å². The molecule has 0 spiro atoms. The molecule has 5 heteroatoms. The lowest BCUT2D eigenvalue weighted by atomic mass is 9.96. The lowest BCUT2D eigenvalue weighted by molar-refractivity contribution is -0.133. The van der Waals surface area contributed by atoms with Crippen LogP contribution in [0.4, 0.5) is 0 Å². The Hall–Kier alpha value is -1.49. The fraction of sp³-hybridized carbons (Fsp3) is 0.556. The van der Waals surface area contributed by atoms with E-state index in [1.54, 1.807) is 18.8 Å². The first-order valence-corrected chi connectivity index (χ1v) is 9.39. The van der Waals surface area contributed by atoms with Gasteiger partial charge < -0.3 is 10.2 Å². The standard InChI is InChI=1S/C18H26N2O2S/c1-14(15-6-4-3-5-7-15)12-23-13-17(21)20-10-8-16(9-11-20)18(22)19-2/h3-7,14,16H,8-13H2,1-2H3,(H,19,22)/t14-/m0/s1. The van der Waals surface area contributed by atoms with E-state index in [0.29, 0.717) is 24.8 Å². The summed E-state index contributed by atoms with van der Waals surface area (Å²) in [5, 5.41) is 2.69. The summed E-state index contributed by atoms with van der Waals surface area (Å²) in [5.74, 6) is 2.29. The highest BCUT2D eigenvalue weighted by Gasteiger charge is 2.26. The molecule has 2 rings (SSSR count). The molecule has 1 atom stereocenters. The number of carbonyl (C=O) groups excluding carboxylic acids is 2. The summed E-state index contributed by atoms with van der Waals surface area (Å²) in [6.45, 7) is 3.60. The summed E-state index contributed by atoms with van der Waals surface area (Å²) >= 11 is 1.70. The summed E-state index contributed by atoms with van der Waals surface area (Å²) in [6.07, 6.45) is 1.55. The van der Waals surface area contributed by atoms with Crippen molar-refractivity contribution in [2.75, 3.05) is 31.6 Å². The first kappa shape index (κ1) is 17.9. The molecular formula is C18H26N2O2S. The first-order valence-electron chi connectivity index (χ1n) is 8.24. The molecule has 0 radical (unpaired) electrons. The Morgan fingerprint density at radius 2 is 1.91 bits per heavy atom. The molecule has 4 nitrogen and oxygen atoms in total. The average Bonchev–Trinajstić information content (AvgIpc) is 2.61. The molecule has 0 bridgehead atoms. The number of amides is 2. The Labute approximate surface area is 143 Å². The van der Waals surface area contributed by atoms with Crippen LogP contribution in [0.1, 0.15) is 31.2 Å². The van der Waals surface area contributed by atoms with Gasteiger partial charge in [0.05, 0.1) is 5.75 Å². The highest BCUT2D eigenvalue weighted by Crippen LogP contribution is 2.22. The molecule has 126 valence electrons. The monoisotopic (exact) mass is 334 g/mol. The highest BCUT2D eigenvalue weighted by atomic mass is 32.2. The number of hydrogen-bond acceptors (Lipinski definition) is 3. The van der Waals surface area contributed by atoms with Crippen molar-refractivity contribution < 1.29 is 9.59 Å². The van der Waals surface area contributed by atoms with Crippen LogP contribution in [0, 0.1) is 5.92 Å². The molecule has 1 heterocycles. The van der Waals surface area contributed by atoms with Gasteiger partial charge in [-0.1, -0.05) is 37.3 Å². The van der Waals surface area contributed by atoms with E-state index in [0.717, 1.165) is 18.6 Å². The molecule has 1 N–H and O–H groups in total. The van der Waals surface area contributed by atoms with Crippen molar-refractivity contribution in [3.05, 3.63) is 35.9 Å². The largest absolute Gasteiger partial charge is 0.359 e. The van der Waals surface area contributed by atoms with Crippen molar-refractivity contribution in [1.29, 1.82) is 0 Å². The van der Waals surface area contributed by atoms with E-state index in [1.807, 2.05) is 11.0 Å². The molecule has 1 fully saturated rings. The zero-order chi connectivity index (χ0) is 16.7. The van der Waals surface area contributed by atoms with E-state index in [-0.39, 0.29) is 17.7 Å². The minimum atomic E-state index is 0.0646. The van der Waals surface area contributed by atoms with Crippen LogP contribution in [-0.2, 0) is 9.59 Å². The summed E-state index contributed by atoms with van der Waals surface area (Å²) in [6, 6.07) is 10.4. The zero-order valence-electron chi connectivity index (χ0n) is 14.0.